The van der Waals surface area contributed by atoms with Crippen molar-refractivity contribution in [1.82, 2.24) is 4.90 Å². The molecule has 10 heteroatoms. The molecule has 42 heavy (non-hydrogen) atoms. The zero-order chi connectivity index (χ0) is 30.5. The quantitative estimate of drug-likeness (QED) is 0.0689. The van der Waals surface area contributed by atoms with Crippen LogP contribution in [-0.2, 0) is 9.59 Å². The molecule has 5 aliphatic rings. The first kappa shape index (κ1) is 40.9. The Morgan fingerprint density at radius 1 is 0.738 bits per heavy atom. The molecule has 4 atom stereocenters. The van der Waals surface area contributed by atoms with Gasteiger partial charge in [-0.15, -0.1) is 0 Å². The minimum atomic E-state index is -3.67. The molecule has 240 valence electrons. The van der Waals surface area contributed by atoms with Crippen molar-refractivity contribution in [2.45, 2.75) is 142 Å². The third-order valence-corrected chi connectivity index (χ3v) is 24.6. The third-order valence-electron chi connectivity index (χ3n) is 9.91. The molecule has 2 fully saturated rings. The second kappa shape index (κ2) is 16.8. The first-order valence-electron chi connectivity index (χ1n) is 15.0. The number of amides is 2. The van der Waals surface area contributed by atoms with Crippen molar-refractivity contribution in [3.63, 3.8) is 0 Å². The average molecular weight is 636 g/mol. The monoisotopic (exact) mass is 635 g/mol. The van der Waals surface area contributed by atoms with Gasteiger partial charge in [0, 0.05) is 20.9 Å². The number of rotatable bonds is 0. The molecule has 0 radical (unpaired) electrons. The van der Waals surface area contributed by atoms with Crippen LogP contribution in [0.5, 0.6) is 0 Å². The van der Waals surface area contributed by atoms with Crippen molar-refractivity contribution in [3.05, 3.63) is 41.4 Å². The molecule has 1 aliphatic carbocycles. The van der Waals surface area contributed by atoms with Crippen LogP contribution in [0.25, 0.3) is 0 Å². The normalized spacial score (nSPS) is 29.9. The van der Waals surface area contributed by atoms with Crippen LogP contribution in [0.4, 0.5) is 12.9 Å². The molecule has 0 saturated carbocycles. The Bertz CT molecular complexity index is 896. The molecule has 2 amide bonds. The van der Waals surface area contributed by atoms with Gasteiger partial charge in [-0.2, -0.15) is 0 Å². The van der Waals surface area contributed by atoms with E-state index in [1.54, 1.807) is 7.05 Å². The summed E-state index contributed by atoms with van der Waals surface area (Å²) in [7, 11) is -5.32. The van der Waals surface area contributed by atoms with E-state index >= 15 is 0 Å². The fourth-order valence-electron chi connectivity index (χ4n) is 8.64. The maximum Gasteiger partial charge on any atom is 0.762 e. The Morgan fingerprint density at radius 2 is 0.952 bits per heavy atom. The Labute approximate surface area is 255 Å². The maximum atomic E-state index is 13.4. The molecule has 0 aromatic heterocycles. The number of allylic oxidation sites excluding steroid dienone is 4. The summed E-state index contributed by atoms with van der Waals surface area (Å²) >= 11 is 0. The van der Waals surface area contributed by atoms with Gasteiger partial charge in [0.05, 0.1) is 42.9 Å². The highest BCUT2D eigenvalue weighted by Gasteiger charge is 2.89. The van der Waals surface area contributed by atoms with Crippen LogP contribution in [0.15, 0.2) is 34.9 Å². The predicted molar refractivity (Wildman–Crippen MR) is 177 cm³/mol. The van der Waals surface area contributed by atoms with Crippen molar-refractivity contribution >= 4 is 33.9 Å². The summed E-state index contributed by atoms with van der Waals surface area (Å²) in [6.07, 6.45) is 20.9. The van der Waals surface area contributed by atoms with Gasteiger partial charge in [0.25, 0.3) is 11.8 Å². The van der Waals surface area contributed by atoms with E-state index in [1.807, 2.05) is 20.3 Å². The highest BCUT2D eigenvalue weighted by atomic mass is 31.2. The smallest absolute Gasteiger partial charge is 0.762 e. The van der Waals surface area contributed by atoms with Crippen molar-refractivity contribution < 1.29 is 27.2 Å². The summed E-state index contributed by atoms with van der Waals surface area (Å²) in [4.78, 5) is 28.4. The zero-order valence-electron chi connectivity index (χ0n) is 26.6. The molecule has 2 saturated heterocycles. The largest absolute Gasteiger partial charge is 1.00 e. The molecular weight excluding hydrogens is 579 g/mol. The lowest BCUT2D eigenvalue weighted by molar-refractivity contribution is -0.135. The molecule has 0 N–H and O–H groups in total. The topological polar surface area (TPSA) is 37.4 Å². The number of likely N-dealkylation sites (N-methyl/N-ethyl adjacent to an activating group) is 1. The fourth-order valence-corrected chi connectivity index (χ4v) is 27.8. The summed E-state index contributed by atoms with van der Waals surface area (Å²) in [5.74, 6) is 0.148. The molecule has 3 nitrogen and oxygen atoms in total. The number of hydrogen-bond acceptors (Lipinski definition) is 2. The van der Waals surface area contributed by atoms with Gasteiger partial charge in [0.15, 0.2) is 4.90 Å². The van der Waals surface area contributed by atoms with Crippen LogP contribution in [0.3, 0.4) is 0 Å². The van der Waals surface area contributed by atoms with E-state index in [0.29, 0.717) is 22.6 Å². The highest BCUT2D eigenvalue weighted by molar-refractivity contribution is 8.03. The summed E-state index contributed by atoms with van der Waals surface area (Å²) in [5.41, 5.74) is 2.35. The maximum absolute atomic E-state index is 13.4. The lowest BCUT2D eigenvalue weighted by atomic mass is 10.1. The molecule has 4 heterocycles. The summed E-state index contributed by atoms with van der Waals surface area (Å²) in [6, 6.07) is 0. The lowest BCUT2D eigenvalue weighted by Gasteiger charge is -2.45. The number of fused-ring (bicyclic) bond motifs is 2. The van der Waals surface area contributed by atoms with Gasteiger partial charge in [0.2, 0.25) is 10.6 Å². The van der Waals surface area contributed by atoms with E-state index in [-0.39, 0.29) is 28.8 Å². The standard InChI is InChI=1S/C20H33NO2P2.C8H12.C3H7.CH4.BF3.FH/c1-12-8-9-13(2)24(12)16-17(19(23)21(7)18(16)22)25(20(24,5)6)14(3)10-11-15(25)4;1-2-4-6-8-7-5-3-1;1-3-2;;2-1(3)4;/h12-15H,8-11H2,1-7H3;1-2,7-8H,3-6H2;3H,1-2H3;1H4;;1H/q+2;;+1;;;/p-1/b;2-1-,8-7?;;;;/t12-,13-,14-,15-;;;;;/m0...../s1. The molecule has 2 spiro atoms. The van der Waals surface area contributed by atoms with Crippen molar-refractivity contribution in [2.24, 2.45) is 0 Å². The van der Waals surface area contributed by atoms with E-state index in [2.05, 4.69) is 65.8 Å². The number of carbonyl (C=O) groups excluding carboxylic acids is 2. The van der Waals surface area contributed by atoms with Crippen LogP contribution in [0.2, 0.25) is 0 Å². The minimum absolute atomic E-state index is 0. The molecule has 0 unspecified atom stereocenters. The second-order valence-electron chi connectivity index (χ2n) is 12.4. The molecule has 4 aliphatic heterocycles. The van der Waals surface area contributed by atoms with Crippen LogP contribution in [-0.4, -0.2) is 58.8 Å². The lowest BCUT2D eigenvalue weighted by Crippen LogP contribution is -3.00. The second-order valence-corrected chi connectivity index (χ2v) is 22.5. The van der Waals surface area contributed by atoms with Gasteiger partial charge in [-0.05, 0) is 79.1 Å². The van der Waals surface area contributed by atoms with E-state index in [1.165, 1.54) is 56.3 Å². The summed E-state index contributed by atoms with van der Waals surface area (Å²) in [5, 5.41) is 2.16. The molecular formula is C32H56BF4NO2P2+2. The van der Waals surface area contributed by atoms with Crippen molar-refractivity contribution in [1.29, 1.82) is 0 Å². The molecule has 0 aromatic rings. The van der Waals surface area contributed by atoms with Gasteiger partial charge in [-0.25, -0.2) is 0 Å². The Balaban J connectivity index is 0.000000825. The predicted octanol–water partition coefficient (Wildman–Crippen LogP) is 7.55. The third kappa shape index (κ3) is 6.75. The summed E-state index contributed by atoms with van der Waals surface area (Å²) in [6.45, 7) is 18.6. The van der Waals surface area contributed by atoms with Crippen molar-refractivity contribution in [2.75, 3.05) is 7.05 Å². The Hall–Kier alpha value is -1.13. The van der Waals surface area contributed by atoms with Gasteiger partial charge in [0.1, 0.15) is 14.5 Å². The van der Waals surface area contributed by atoms with Gasteiger partial charge in [-0.3, -0.25) is 27.4 Å². The molecule has 5 rings (SSSR count). The molecule has 0 aromatic carbocycles. The number of imide groups is 1. The fraction of sp³-hybridized carbons (Fsp3) is 0.719. The number of halogens is 4. The Morgan fingerprint density at radius 3 is 1.17 bits per heavy atom. The van der Waals surface area contributed by atoms with Crippen LogP contribution in [0, 0.1) is 6.42 Å². The minimum Gasteiger partial charge on any atom is -1.00 e. The zero-order valence-corrected chi connectivity index (χ0v) is 28.4. The van der Waals surface area contributed by atoms with E-state index < -0.39 is 22.1 Å². The van der Waals surface area contributed by atoms with Crippen LogP contribution >= 0.6 is 14.5 Å². The Kier molecular flexibility index (Phi) is 16.4. The van der Waals surface area contributed by atoms with E-state index in [0.717, 1.165) is 10.6 Å². The van der Waals surface area contributed by atoms with Gasteiger partial charge in [-0.1, -0.05) is 31.7 Å². The SMILES string of the molecule is C.C1=CCC/C=C\CC1.C[C@H]1CC[C@H](C)[P+]12C1=C(C(=O)N(C)C1=O)[P+]1([C@@H](C)CC[C@@H]1C)C2(C)C.C[CH+]C.FB(F)F.[F-]. The van der Waals surface area contributed by atoms with Crippen LogP contribution < -0.4 is 4.70 Å². The number of hydrogen-bond donors (Lipinski definition) is 0. The van der Waals surface area contributed by atoms with Gasteiger partial charge < -0.3 is 4.70 Å². The summed E-state index contributed by atoms with van der Waals surface area (Å²) < 4.78 is 29.0. The van der Waals surface area contributed by atoms with Gasteiger partial charge >= 0.3 is 7.54 Å². The van der Waals surface area contributed by atoms with E-state index in [4.69, 9.17) is 0 Å². The number of carbonyl (C=O) groups is 2. The first-order chi connectivity index (χ1) is 18.7. The highest BCUT2D eigenvalue weighted by Crippen LogP contribution is 3.06. The van der Waals surface area contributed by atoms with Crippen LogP contribution in [0.1, 0.15) is 114 Å². The average Bonchev–Trinajstić information content (AvgIpc) is 3.45. The van der Waals surface area contributed by atoms with Crippen molar-refractivity contribution in [3.8, 4) is 0 Å². The first-order valence-corrected chi connectivity index (χ1v) is 18.9. The molecule has 0 bridgehead atoms. The number of nitrogens with zero attached hydrogens (tertiary/aromatic N) is 1. The van der Waals surface area contributed by atoms with E-state index in [9.17, 15) is 22.5 Å².